The first-order chi connectivity index (χ1) is 17.3. The van der Waals surface area contributed by atoms with E-state index in [0.717, 1.165) is 13.0 Å². The number of thiol groups is 1. The van der Waals surface area contributed by atoms with Crippen LogP contribution >= 0.6 is 12.6 Å². The Morgan fingerprint density at radius 3 is 2.27 bits per heavy atom. The highest BCUT2D eigenvalue weighted by molar-refractivity contribution is 7.90. The number of rotatable bonds is 12. The van der Waals surface area contributed by atoms with Crippen molar-refractivity contribution in [2.45, 2.75) is 50.7 Å². The van der Waals surface area contributed by atoms with Crippen molar-refractivity contribution in [1.82, 2.24) is 10.0 Å². The molecule has 2 aromatic carbocycles. The Labute approximate surface area is 221 Å². The van der Waals surface area contributed by atoms with E-state index in [4.69, 9.17) is 5.73 Å². The maximum Gasteiger partial charge on any atom is 0.264 e. The summed E-state index contributed by atoms with van der Waals surface area (Å²) in [5, 5.41) is 12.1. The van der Waals surface area contributed by atoms with Gasteiger partial charge in [0.05, 0.1) is 4.90 Å². The van der Waals surface area contributed by atoms with Crippen LogP contribution in [0.15, 0.2) is 47.4 Å². The number of hydrogen-bond acceptors (Lipinski definition) is 7. The monoisotopic (exact) mass is 553 g/mol. The lowest BCUT2D eigenvalue weighted by Gasteiger charge is -2.22. The molecule has 0 saturated heterocycles. The van der Waals surface area contributed by atoms with Gasteiger partial charge in [0.25, 0.3) is 15.9 Å². The van der Waals surface area contributed by atoms with E-state index in [9.17, 15) is 27.9 Å². The van der Waals surface area contributed by atoms with Gasteiger partial charge >= 0.3 is 0 Å². The molecule has 0 radical (unpaired) electrons. The van der Waals surface area contributed by atoms with E-state index < -0.39 is 45.6 Å². The zero-order chi connectivity index (χ0) is 27.9. The summed E-state index contributed by atoms with van der Waals surface area (Å²) < 4.78 is 42.4. The third kappa shape index (κ3) is 8.27. The fraction of sp³-hybridized carbons (Fsp3) is 0.400. The van der Waals surface area contributed by atoms with E-state index in [0.29, 0.717) is 12.2 Å². The molecule has 2 aromatic rings. The molecular formula is C25H32FN3O6S2. The van der Waals surface area contributed by atoms with Gasteiger partial charge in [0, 0.05) is 17.4 Å². The van der Waals surface area contributed by atoms with E-state index in [1.165, 1.54) is 30.3 Å². The number of benzene rings is 2. The van der Waals surface area contributed by atoms with Crippen LogP contribution in [-0.2, 0) is 30.8 Å². The highest BCUT2D eigenvalue weighted by atomic mass is 32.2. The molecule has 0 bridgehead atoms. The number of hydrogen-bond donors (Lipinski definition) is 5. The molecule has 202 valence electrons. The maximum atomic E-state index is 15.1. The minimum Gasteiger partial charge on any atom is -0.384 e. The lowest BCUT2D eigenvalue weighted by molar-refractivity contribution is -0.134. The molecule has 0 aromatic heterocycles. The molecule has 0 aliphatic heterocycles. The third-order valence-corrected chi connectivity index (χ3v) is 7.41. The van der Waals surface area contributed by atoms with Crippen LogP contribution in [0.2, 0.25) is 0 Å². The second kappa shape index (κ2) is 13.0. The SMILES string of the molecule is CC(C)C[C@H](CS)NC(=O)C(Cc1ccc(-c2ccccc2S(=O)(=O)NC(=O)[C@H](C)O)cc1F)C(N)=O. The molecule has 1 unspecified atom stereocenters. The van der Waals surface area contributed by atoms with Crippen molar-refractivity contribution in [3.63, 3.8) is 0 Å². The van der Waals surface area contributed by atoms with Gasteiger partial charge in [-0.3, -0.25) is 14.4 Å². The number of carbonyl (C=O) groups excluding carboxylic acids is 3. The average molecular weight is 554 g/mol. The van der Waals surface area contributed by atoms with Gasteiger partial charge in [-0.2, -0.15) is 12.6 Å². The molecule has 0 aliphatic rings. The summed E-state index contributed by atoms with van der Waals surface area (Å²) in [5.74, 6) is -4.10. The molecular weight excluding hydrogens is 521 g/mol. The summed E-state index contributed by atoms with van der Waals surface area (Å²) in [7, 11) is -4.37. The van der Waals surface area contributed by atoms with Gasteiger partial charge in [0.1, 0.15) is 17.8 Å². The zero-order valence-electron chi connectivity index (χ0n) is 20.8. The number of sulfonamides is 1. The molecule has 3 amide bonds. The molecule has 5 N–H and O–H groups in total. The zero-order valence-corrected chi connectivity index (χ0v) is 22.5. The normalized spacial score (nSPS) is 14.0. The number of primary amides is 1. The van der Waals surface area contributed by atoms with E-state index in [1.54, 1.807) is 10.8 Å². The van der Waals surface area contributed by atoms with Crippen molar-refractivity contribution in [1.29, 1.82) is 0 Å². The highest BCUT2D eigenvalue weighted by Crippen LogP contribution is 2.29. The number of halogens is 1. The van der Waals surface area contributed by atoms with Gasteiger partial charge < -0.3 is 16.2 Å². The minimum absolute atomic E-state index is 0.0386. The Morgan fingerprint density at radius 1 is 1.08 bits per heavy atom. The predicted octanol–water partition coefficient (Wildman–Crippen LogP) is 1.78. The first-order valence-corrected chi connectivity index (χ1v) is 13.7. The standard InChI is InChI=1S/C25H32FN3O6S2/c1-14(2)10-18(13-36)28-25(33)20(23(27)31)11-17-9-8-16(12-21(17)26)19-6-4-5-7-22(19)37(34,35)29-24(32)15(3)30/h4-9,12,14-15,18,20,30,36H,10-11,13H2,1-3H3,(H2,27,31)(H,28,33)(H,29,32)/t15-,18+,20?/m0/s1. The number of nitrogens with two attached hydrogens (primary N) is 1. The van der Waals surface area contributed by atoms with Gasteiger partial charge in [0.2, 0.25) is 11.8 Å². The topological polar surface area (TPSA) is 156 Å². The Hall–Kier alpha value is -2.96. The molecule has 3 atom stereocenters. The van der Waals surface area contributed by atoms with Gasteiger partial charge in [-0.15, -0.1) is 0 Å². The molecule has 0 saturated carbocycles. The molecule has 0 aliphatic carbocycles. The third-order valence-electron chi connectivity index (χ3n) is 5.56. The van der Waals surface area contributed by atoms with Crippen LogP contribution in [0.4, 0.5) is 4.39 Å². The number of nitrogens with one attached hydrogen (secondary N) is 2. The summed E-state index contributed by atoms with van der Waals surface area (Å²) >= 11 is 4.23. The summed E-state index contributed by atoms with van der Waals surface area (Å²) in [6.07, 6.45) is -1.20. The molecule has 37 heavy (non-hydrogen) atoms. The maximum absolute atomic E-state index is 15.1. The first-order valence-electron chi connectivity index (χ1n) is 11.6. The van der Waals surface area contributed by atoms with Crippen molar-refractivity contribution < 1.29 is 32.3 Å². The Bertz CT molecular complexity index is 1250. The van der Waals surface area contributed by atoms with Crippen molar-refractivity contribution in [3.8, 4) is 11.1 Å². The van der Waals surface area contributed by atoms with E-state index >= 15 is 4.39 Å². The molecule has 2 rings (SSSR count). The second-order valence-corrected chi connectivity index (χ2v) is 11.1. The average Bonchev–Trinajstić information content (AvgIpc) is 2.81. The Morgan fingerprint density at radius 2 is 1.73 bits per heavy atom. The van der Waals surface area contributed by atoms with E-state index in [2.05, 4.69) is 17.9 Å². The number of amides is 3. The van der Waals surface area contributed by atoms with Crippen LogP contribution in [-0.4, -0.2) is 49.1 Å². The highest BCUT2D eigenvalue weighted by Gasteiger charge is 2.28. The smallest absolute Gasteiger partial charge is 0.264 e. The van der Waals surface area contributed by atoms with Crippen molar-refractivity contribution in [2.24, 2.45) is 17.6 Å². The van der Waals surface area contributed by atoms with Crippen LogP contribution < -0.4 is 15.8 Å². The number of aliphatic hydroxyl groups excluding tert-OH is 1. The molecule has 0 spiro atoms. The van der Waals surface area contributed by atoms with Crippen LogP contribution in [0.3, 0.4) is 0 Å². The quantitative estimate of drug-likeness (QED) is 0.199. The molecule has 0 heterocycles. The lowest BCUT2D eigenvalue weighted by atomic mass is 9.94. The fourth-order valence-electron chi connectivity index (χ4n) is 3.68. The number of carbonyl (C=O) groups is 3. The Kier molecular flexibility index (Phi) is 10.6. The van der Waals surface area contributed by atoms with Crippen LogP contribution in [0, 0.1) is 17.7 Å². The minimum atomic E-state index is -4.37. The molecule has 0 fully saturated rings. The summed E-state index contributed by atoms with van der Waals surface area (Å²) in [6.45, 7) is 5.08. The van der Waals surface area contributed by atoms with Crippen LogP contribution in [0.25, 0.3) is 11.1 Å². The lowest BCUT2D eigenvalue weighted by Crippen LogP contribution is -2.45. The molecule has 9 nitrogen and oxygen atoms in total. The predicted molar refractivity (Wildman–Crippen MR) is 140 cm³/mol. The van der Waals surface area contributed by atoms with E-state index in [-0.39, 0.29) is 40.0 Å². The van der Waals surface area contributed by atoms with Gasteiger partial charge in [-0.1, -0.05) is 44.2 Å². The summed E-state index contributed by atoms with van der Waals surface area (Å²) in [5.41, 5.74) is 5.77. The van der Waals surface area contributed by atoms with Crippen LogP contribution in [0.5, 0.6) is 0 Å². The van der Waals surface area contributed by atoms with Gasteiger partial charge in [-0.05, 0) is 48.9 Å². The van der Waals surface area contributed by atoms with Gasteiger partial charge in [0.15, 0.2) is 0 Å². The summed E-state index contributed by atoms with van der Waals surface area (Å²) in [4.78, 5) is 36.2. The number of aliphatic hydroxyl groups is 1. The van der Waals surface area contributed by atoms with Crippen molar-refractivity contribution in [2.75, 3.05) is 5.75 Å². The largest absolute Gasteiger partial charge is 0.384 e. The van der Waals surface area contributed by atoms with Crippen molar-refractivity contribution in [3.05, 3.63) is 53.8 Å². The second-order valence-electron chi connectivity index (χ2n) is 9.12. The first kappa shape index (κ1) is 30.3. The fourth-order valence-corrected chi connectivity index (χ4v) is 5.20. The van der Waals surface area contributed by atoms with E-state index in [1.807, 2.05) is 13.8 Å². The van der Waals surface area contributed by atoms with Crippen LogP contribution in [0.1, 0.15) is 32.8 Å². The molecule has 12 heteroatoms. The van der Waals surface area contributed by atoms with Crippen molar-refractivity contribution >= 4 is 40.4 Å². The summed E-state index contributed by atoms with van der Waals surface area (Å²) in [6, 6.07) is 9.22. The van der Waals surface area contributed by atoms with Gasteiger partial charge in [-0.25, -0.2) is 17.5 Å². The Balaban J connectivity index is 2.34.